The molecule has 1 amide bonds. The van der Waals surface area contributed by atoms with Gasteiger partial charge in [0, 0.05) is 12.1 Å². The van der Waals surface area contributed by atoms with Crippen LogP contribution in [0.4, 0.5) is 0 Å². The number of rotatable bonds is 3. The standard InChI is InChI=1S/C15H19NO3/c1-4-15(3)12(14(18)19)10-8-6-7-9-11(10)13(17)16(15)5-2/h6-9,12H,4-5H2,1-3H3,(H,18,19). The maximum absolute atomic E-state index is 12.5. The van der Waals surface area contributed by atoms with E-state index in [0.717, 1.165) is 0 Å². The summed E-state index contributed by atoms with van der Waals surface area (Å²) in [6, 6.07) is 7.04. The molecule has 4 nitrogen and oxygen atoms in total. The molecule has 1 aromatic rings. The van der Waals surface area contributed by atoms with Crippen molar-refractivity contribution in [2.45, 2.75) is 38.6 Å². The number of likely N-dealkylation sites (N-methyl/N-ethyl adjacent to an activating group) is 1. The van der Waals surface area contributed by atoms with Crippen LogP contribution in [0.1, 0.15) is 49.0 Å². The molecular formula is C15H19NO3. The van der Waals surface area contributed by atoms with Crippen LogP contribution in [0, 0.1) is 0 Å². The highest BCUT2D eigenvalue weighted by Gasteiger charge is 2.50. The number of carbonyl (C=O) groups is 2. The second kappa shape index (κ2) is 4.68. The van der Waals surface area contributed by atoms with Crippen LogP contribution < -0.4 is 0 Å². The lowest BCUT2D eigenvalue weighted by molar-refractivity contribution is -0.142. The van der Waals surface area contributed by atoms with Crippen molar-refractivity contribution in [2.75, 3.05) is 6.54 Å². The first kappa shape index (κ1) is 13.6. The van der Waals surface area contributed by atoms with Crippen LogP contribution in [-0.2, 0) is 4.79 Å². The van der Waals surface area contributed by atoms with Gasteiger partial charge in [-0.1, -0.05) is 25.1 Å². The second-order valence-electron chi connectivity index (χ2n) is 5.12. The maximum Gasteiger partial charge on any atom is 0.313 e. The predicted molar refractivity (Wildman–Crippen MR) is 72.2 cm³/mol. The summed E-state index contributed by atoms with van der Waals surface area (Å²) in [5.41, 5.74) is 0.475. The van der Waals surface area contributed by atoms with Crippen molar-refractivity contribution in [3.8, 4) is 0 Å². The highest BCUT2D eigenvalue weighted by molar-refractivity contribution is 6.00. The molecule has 0 saturated heterocycles. The van der Waals surface area contributed by atoms with E-state index in [-0.39, 0.29) is 5.91 Å². The lowest BCUT2D eigenvalue weighted by atomic mass is 9.72. The number of hydrogen-bond acceptors (Lipinski definition) is 2. The Morgan fingerprint density at radius 3 is 2.53 bits per heavy atom. The Hall–Kier alpha value is -1.84. The van der Waals surface area contributed by atoms with Gasteiger partial charge >= 0.3 is 5.97 Å². The molecule has 19 heavy (non-hydrogen) atoms. The Kier molecular flexibility index (Phi) is 3.35. The third-order valence-electron chi connectivity index (χ3n) is 4.26. The topological polar surface area (TPSA) is 57.6 Å². The molecule has 0 spiro atoms. The van der Waals surface area contributed by atoms with Crippen molar-refractivity contribution in [1.82, 2.24) is 4.90 Å². The molecular weight excluding hydrogens is 242 g/mol. The summed E-state index contributed by atoms with van der Waals surface area (Å²) >= 11 is 0. The molecule has 0 radical (unpaired) electrons. The van der Waals surface area contributed by atoms with Crippen molar-refractivity contribution < 1.29 is 14.7 Å². The molecule has 1 heterocycles. The van der Waals surface area contributed by atoms with Gasteiger partial charge in [0.2, 0.25) is 0 Å². The fourth-order valence-electron chi connectivity index (χ4n) is 3.11. The zero-order valence-electron chi connectivity index (χ0n) is 11.5. The van der Waals surface area contributed by atoms with Gasteiger partial charge in [0.1, 0.15) is 5.92 Å². The Balaban J connectivity index is 2.71. The molecule has 1 aromatic carbocycles. The average molecular weight is 261 g/mol. The minimum atomic E-state index is -0.872. The van der Waals surface area contributed by atoms with Crippen molar-refractivity contribution in [1.29, 1.82) is 0 Å². The van der Waals surface area contributed by atoms with E-state index < -0.39 is 17.4 Å². The van der Waals surface area contributed by atoms with Crippen LogP contribution in [0.3, 0.4) is 0 Å². The normalized spacial score (nSPS) is 26.2. The van der Waals surface area contributed by atoms with Gasteiger partial charge in [-0.2, -0.15) is 0 Å². The van der Waals surface area contributed by atoms with Gasteiger partial charge in [0.15, 0.2) is 0 Å². The van der Waals surface area contributed by atoms with Gasteiger partial charge in [0.05, 0.1) is 5.54 Å². The van der Waals surface area contributed by atoms with E-state index in [1.165, 1.54) is 0 Å². The SMILES string of the molecule is CCN1C(=O)c2ccccc2C(C(=O)O)C1(C)CC. The van der Waals surface area contributed by atoms with E-state index in [2.05, 4.69) is 0 Å². The van der Waals surface area contributed by atoms with Gasteiger partial charge in [-0.25, -0.2) is 0 Å². The highest BCUT2D eigenvalue weighted by atomic mass is 16.4. The van der Waals surface area contributed by atoms with Crippen LogP contribution in [0.5, 0.6) is 0 Å². The number of amides is 1. The summed E-state index contributed by atoms with van der Waals surface area (Å²) in [5.74, 6) is -1.62. The Bertz CT molecular complexity index is 526. The van der Waals surface area contributed by atoms with Crippen molar-refractivity contribution >= 4 is 11.9 Å². The van der Waals surface area contributed by atoms with Gasteiger partial charge in [-0.15, -0.1) is 0 Å². The minimum Gasteiger partial charge on any atom is -0.481 e. The lowest BCUT2D eigenvalue weighted by Gasteiger charge is -2.48. The van der Waals surface area contributed by atoms with Crippen molar-refractivity contribution in [2.24, 2.45) is 0 Å². The molecule has 2 rings (SSSR count). The monoisotopic (exact) mass is 261 g/mol. The van der Waals surface area contributed by atoms with Crippen molar-refractivity contribution in [3.63, 3.8) is 0 Å². The lowest BCUT2D eigenvalue weighted by Crippen LogP contribution is -2.58. The van der Waals surface area contributed by atoms with E-state index in [0.29, 0.717) is 24.1 Å². The first-order valence-electron chi connectivity index (χ1n) is 6.61. The van der Waals surface area contributed by atoms with Crippen LogP contribution in [0.25, 0.3) is 0 Å². The predicted octanol–water partition coefficient (Wildman–Crippen LogP) is 2.50. The van der Waals surface area contributed by atoms with Crippen LogP contribution in [0.2, 0.25) is 0 Å². The van der Waals surface area contributed by atoms with E-state index in [1.54, 1.807) is 29.2 Å². The molecule has 0 fully saturated rings. The zero-order chi connectivity index (χ0) is 14.2. The summed E-state index contributed by atoms with van der Waals surface area (Å²) in [6.45, 7) is 6.20. The number of aliphatic carboxylic acids is 1. The summed E-state index contributed by atoms with van der Waals surface area (Å²) in [6.07, 6.45) is 0.609. The largest absolute Gasteiger partial charge is 0.481 e. The smallest absolute Gasteiger partial charge is 0.313 e. The molecule has 1 aliphatic heterocycles. The van der Waals surface area contributed by atoms with E-state index in [9.17, 15) is 14.7 Å². The fourth-order valence-corrected chi connectivity index (χ4v) is 3.11. The number of carbonyl (C=O) groups excluding carboxylic acids is 1. The van der Waals surface area contributed by atoms with Crippen LogP contribution in [0.15, 0.2) is 24.3 Å². The number of carboxylic acids is 1. The molecule has 2 atom stereocenters. The summed E-state index contributed by atoms with van der Waals surface area (Å²) in [4.78, 5) is 25.9. The summed E-state index contributed by atoms with van der Waals surface area (Å²) in [5, 5.41) is 9.61. The molecule has 1 aliphatic rings. The molecule has 102 valence electrons. The van der Waals surface area contributed by atoms with Gasteiger partial charge in [-0.05, 0) is 31.9 Å². The number of benzene rings is 1. The molecule has 0 aliphatic carbocycles. The van der Waals surface area contributed by atoms with Crippen LogP contribution >= 0.6 is 0 Å². The van der Waals surface area contributed by atoms with E-state index >= 15 is 0 Å². The van der Waals surface area contributed by atoms with Gasteiger partial charge in [0.25, 0.3) is 5.91 Å². The van der Waals surface area contributed by atoms with Gasteiger partial charge in [-0.3, -0.25) is 9.59 Å². The zero-order valence-corrected chi connectivity index (χ0v) is 11.5. The number of carboxylic acid groups (broad SMARTS) is 1. The molecule has 0 bridgehead atoms. The quantitative estimate of drug-likeness (QED) is 0.909. The van der Waals surface area contributed by atoms with E-state index in [4.69, 9.17) is 0 Å². The third-order valence-corrected chi connectivity index (χ3v) is 4.26. The maximum atomic E-state index is 12.5. The molecule has 1 N–H and O–H groups in total. The number of fused-ring (bicyclic) bond motifs is 1. The fraction of sp³-hybridized carbons (Fsp3) is 0.467. The molecule has 0 saturated carbocycles. The summed E-state index contributed by atoms with van der Waals surface area (Å²) < 4.78 is 0. The number of nitrogens with zero attached hydrogens (tertiary/aromatic N) is 1. The molecule has 2 unspecified atom stereocenters. The van der Waals surface area contributed by atoms with Gasteiger partial charge < -0.3 is 10.0 Å². The Morgan fingerprint density at radius 1 is 1.37 bits per heavy atom. The third kappa shape index (κ3) is 1.82. The molecule has 0 aromatic heterocycles. The Morgan fingerprint density at radius 2 is 2.00 bits per heavy atom. The first-order chi connectivity index (χ1) is 8.97. The number of hydrogen-bond donors (Lipinski definition) is 1. The van der Waals surface area contributed by atoms with Crippen molar-refractivity contribution in [3.05, 3.63) is 35.4 Å². The second-order valence-corrected chi connectivity index (χ2v) is 5.12. The summed E-state index contributed by atoms with van der Waals surface area (Å²) in [7, 11) is 0. The average Bonchev–Trinajstić information content (AvgIpc) is 2.39. The molecule has 4 heteroatoms. The highest BCUT2D eigenvalue weighted by Crippen LogP contribution is 2.42. The Labute approximate surface area is 113 Å². The first-order valence-corrected chi connectivity index (χ1v) is 6.61. The van der Waals surface area contributed by atoms with E-state index in [1.807, 2.05) is 20.8 Å². The van der Waals surface area contributed by atoms with Crippen LogP contribution in [-0.4, -0.2) is 34.0 Å². The minimum absolute atomic E-state index is 0.0695.